The summed E-state index contributed by atoms with van der Waals surface area (Å²) >= 11 is 1.42. The highest BCUT2D eigenvalue weighted by Gasteiger charge is 2.17. The third kappa shape index (κ3) is 3.71. The fourth-order valence-corrected chi connectivity index (χ4v) is 4.60. The van der Waals surface area contributed by atoms with Gasteiger partial charge in [-0.15, -0.1) is 5.10 Å². The number of aryl methyl sites for hydroxylation is 2. The molecule has 5 rings (SSSR count). The minimum atomic E-state index is -0.108. The summed E-state index contributed by atoms with van der Waals surface area (Å²) in [6, 6.07) is 17.1. The standard InChI is InChI=1S/C23H20N6O2S/c1-15-7-5-8-16(2)21(15)29-20(25-26-27-29)14-32-23-24-19-11-4-3-10-18(19)22(30)28(23)13-17-9-6-12-31-17/h3-12H,13-14H2,1-2H3. The summed E-state index contributed by atoms with van der Waals surface area (Å²) in [4.78, 5) is 18.0. The molecule has 0 unspecified atom stereocenters. The summed E-state index contributed by atoms with van der Waals surface area (Å²) in [6.07, 6.45) is 1.60. The summed E-state index contributed by atoms with van der Waals surface area (Å²) in [5.41, 5.74) is 3.69. The molecule has 32 heavy (non-hydrogen) atoms. The lowest BCUT2D eigenvalue weighted by atomic mass is 10.1. The van der Waals surface area contributed by atoms with E-state index < -0.39 is 0 Å². The van der Waals surface area contributed by atoms with E-state index in [1.165, 1.54) is 11.8 Å². The van der Waals surface area contributed by atoms with Crippen LogP contribution in [0.15, 0.2) is 75.2 Å². The predicted molar refractivity (Wildman–Crippen MR) is 122 cm³/mol. The molecule has 3 heterocycles. The van der Waals surface area contributed by atoms with Gasteiger partial charge in [-0.2, -0.15) is 4.68 Å². The molecule has 2 aromatic carbocycles. The third-order valence-electron chi connectivity index (χ3n) is 5.24. The molecule has 0 aliphatic carbocycles. The average Bonchev–Trinajstić information content (AvgIpc) is 3.47. The van der Waals surface area contributed by atoms with Gasteiger partial charge in [-0.3, -0.25) is 9.36 Å². The molecule has 0 N–H and O–H groups in total. The van der Waals surface area contributed by atoms with Crippen LogP contribution in [0, 0.1) is 13.8 Å². The monoisotopic (exact) mass is 444 g/mol. The number of rotatable bonds is 6. The van der Waals surface area contributed by atoms with Crippen molar-refractivity contribution in [3.8, 4) is 5.69 Å². The molecule has 0 saturated heterocycles. The van der Waals surface area contributed by atoms with Gasteiger partial charge in [-0.25, -0.2) is 4.98 Å². The number of aromatic nitrogens is 6. The number of para-hydroxylation sites is 2. The van der Waals surface area contributed by atoms with Gasteiger partial charge in [0.25, 0.3) is 5.56 Å². The Morgan fingerprint density at radius 2 is 1.81 bits per heavy atom. The van der Waals surface area contributed by atoms with E-state index in [0.717, 1.165) is 16.8 Å². The van der Waals surface area contributed by atoms with Crippen molar-refractivity contribution in [2.24, 2.45) is 0 Å². The van der Waals surface area contributed by atoms with Crippen LogP contribution in [0.5, 0.6) is 0 Å². The fraction of sp³-hybridized carbons (Fsp3) is 0.174. The van der Waals surface area contributed by atoms with Crippen molar-refractivity contribution < 1.29 is 4.42 Å². The normalized spacial score (nSPS) is 11.3. The Labute approximate surface area is 187 Å². The Kier molecular flexibility index (Phi) is 5.32. The Morgan fingerprint density at radius 3 is 2.59 bits per heavy atom. The molecule has 0 saturated carbocycles. The molecular formula is C23H20N6O2S. The first-order valence-electron chi connectivity index (χ1n) is 10.1. The van der Waals surface area contributed by atoms with E-state index in [4.69, 9.17) is 9.40 Å². The topological polar surface area (TPSA) is 91.6 Å². The van der Waals surface area contributed by atoms with Crippen molar-refractivity contribution in [2.75, 3.05) is 0 Å². The number of benzene rings is 2. The zero-order valence-electron chi connectivity index (χ0n) is 17.6. The molecule has 0 spiro atoms. The number of hydrogen-bond acceptors (Lipinski definition) is 7. The highest BCUT2D eigenvalue weighted by molar-refractivity contribution is 7.98. The van der Waals surface area contributed by atoms with E-state index in [2.05, 4.69) is 15.5 Å². The molecule has 9 heteroatoms. The summed E-state index contributed by atoms with van der Waals surface area (Å²) in [5.74, 6) is 1.81. The van der Waals surface area contributed by atoms with E-state index in [1.807, 2.05) is 56.3 Å². The Hall–Kier alpha value is -3.72. The first-order chi connectivity index (χ1) is 15.6. The van der Waals surface area contributed by atoms with Gasteiger partial charge in [0.2, 0.25) is 0 Å². The van der Waals surface area contributed by atoms with Gasteiger partial charge in [0.15, 0.2) is 11.0 Å². The number of fused-ring (bicyclic) bond motifs is 1. The number of hydrogen-bond donors (Lipinski definition) is 0. The van der Waals surface area contributed by atoms with Gasteiger partial charge in [0.05, 0.1) is 35.2 Å². The second-order valence-corrected chi connectivity index (χ2v) is 8.36. The smallest absolute Gasteiger partial charge is 0.262 e. The molecule has 3 aromatic heterocycles. The minimum Gasteiger partial charge on any atom is -0.467 e. The second kappa shape index (κ2) is 8.43. The van der Waals surface area contributed by atoms with Gasteiger partial charge >= 0.3 is 0 Å². The van der Waals surface area contributed by atoms with Gasteiger partial charge in [-0.05, 0) is 59.7 Å². The van der Waals surface area contributed by atoms with Crippen LogP contribution in [0.4, 0.5) is 0 Å². The van der Waals surface area contributed by atoms with Gasteiger partial charge in [-0.1, -0.05) is 42.1 Å². The van der Waals surface area contributed by atoms with Crippen molar-refractivity contribution in [1.82, 2.24) is 29.8 Å². The molecule has 160 valence electrons. The lowest BCUT2D eigenvalue weighted by Gasteiger charge is -2.13. The van der Waals surface area contributed by atoms with Crippen LogP contribution >= 0.6 is 11.8 Å². The molecule has 0 radical (unpaired) electrons. The van der Waals surface area contributed by atoms with Crippen LogP contribution in [0.25, 0.3) is 16.6 Å². The van der Waals surface area contributed by atoms with Crippen molar-refractivity contribution in [3.63, 3.8) is 0 Å². The lowest BCUT2D eigenvalue weighted by Crippen LogP contribution is -2.24. The largest absolute Gasteiger partial charge is 0.467 e. The van der Waals surface area contributed by atoms with E-state index in [-0.39, 0.29) is 5.56 Å². The summed E-state index contributed by atoms with van der Waals surface area (Å²) in [6.45, 7) is 4.37. The first kappa shape index (κ1) is 20.2. The highest BCUT2D eigenvalue weighted by Crippen LogP contribution is 2.25. The average molecular weight is 445 g/mol. The minimum absolute atomic E-state index is 0.108. The summed E-state index contributed by atoms with van der Waals surface area (Å²) < 4.78 is 8.88. The zero-order chi connectivity index (χ0) is 22.1. The molecule has 0 aliphatic rings. The van der Waals surface area contributed by atoms with Gasteiger partial charge < -0.3 is 4.42 Å². The maximum Gasteiger partial charge on any atom is 0.262 e. The van der Waals surface area contributed by atoms with Crippen LogP contribution in [-0.2, 0) is 12.3 Å². The van der Waals surface area contributed by atoms with E-state index >= 15 is 0 Å². The molecule has 5 aromatic rings. The molecule has 0 fully saturated rings. The molecule has 0 amide bonds. The van der Waals surface area contributed by atoms with Crippen LogP contribution in [0.1, 0.15) is 22.7 Å². The maximum atomic E-state index is 13.2. The SMILES string of the molecule is Cc1cccc(C)c1-n1nnnc1CSc1nc2ccccc2c(=O)n1Cc1ccco1. The van der Waals surface area contributed by atoms with Crippen molar-refractivity contribution in [1.29, 1.82) is 0 Å². The Bertz CT molecular complexity index is 1440. The Balaban J connectivity index is 1.53. The van der Waals surface area contributed by atoms with E-state index in [9.17, 15) is 4.79 Å². The first-order valence-corrected chi connectivity index (χ1v) is 11.1. The number of thioether (sulfide) groups is 1. The second-order valence-electron chi connectivity index (χ2n) is 7.42. The Morgan fingerprint density at radius 1 is 1.00 bits per heavy atom. The number of nitrogens with zero attached hydrogens (tertiary/aromatic N) is 6. The third-order valence-corrected chi connectivity index (χ3v) is 6.21. The van der Waals surface area contributed by atoms with Crippen LogP contribution in [-0.4, -0.2) is 29.8 Å². The molecular weight excluding hydrogens is 424 g/mol. The van der Waals surface area contributed by atoms with E-state index in [1.54, 1.807) is 27.6 Å². The maximum absolute atomic E-state index is 13.2. The molecule has 8 nitrogen and oxygen atoms in total. The number of furan rings is 1. The number of tetrazole rings is 1. The van der Waals surface area contributed by atoms with Crippen molar-refractivity contribution in [3.05, 3.63) is 93.9 Å². The fourth-order valence-electron chi connectivity index (χ4n) is 3.69. The van der Waals surface area contributed by atoms with Gasteiger partial charge in [0, 0.05) is 0 Å². The van der Waals surface area contributed by atoms with Crippen LogP contribution < -0.4 is 5.56 Å². The zero-order valence-corrected chi connectivity index (χ0v) is 18.4. The van der Waals surface area contributed by atoms with Crippen molar-refractivity contribution >= 4 is 22.7 Å². The predicted octanol–water partition coefficient (Wildman–Crippen LogP) is 3.92. The quantitative estimate of drug-likeness (QED) is 0.289. The van der Waals surface area contributed by atoms with Crippen LogP contribution in [0.3, 0.4) is 0 Å². The highest BCUT2D eigenvalue weighted by atomic mass is 32.2. The van der Waals surface area contributed by atoms with Crippen molar-refractivity contribution in [2.45, 2.75) is 31.3 Å². The molecule has 0 aliphatic heterocycles. The summed E-state index contributed by atoms with van der Waals surface area (Å²) in [7, 11) is 0. The molecule has 0 atom stereocenters. The van der Waals surface area contributed by atoms with Gasteiger partial charge in [0.1, 0.15) is 5.76 Å². The van der Waals surface area contributed by atoms with E-state index in [0.29, 0.717) is 39.9 Å². The lowest BCUT2D eigenvalue weighted by molar-refractivity contribution is 0.476. The molecule has 0 bridgehead atoms. The summed E-state index contributed by atoms with van der Waals surface area (Å²) in [5, 5.41) is 13.5. The van der Waals surface area contributed by atoms with Crippen LogP contribution in [0.2, 0.25) is 0 Å².